The van der Waals surface area contributed by atoms with Crippen LogP contribution in [0.15, 0.2) is 5.34 Å². The molecule has 0 saturated heterocycles. The molecule has 0 amide bonds. The summed E-state index contributed by atoms with van der Waals surface area (Å²) in [6.45, 7) is 0. The van der Waals surface area contributed by atoms with E-state index in [4.69, 9.17) is 10.1 Å². The summed E-state index contributed by atoms with van der Waals surface area (Å²) >= 11 is 0. The van der Waals surface area contributed by atoms with Crippen LogP contribution < -0.4 is 0 Å². The van der Waals surface area contributed by atoms with E-state index >= 15 is 0 Å². The molecule has 0 atom stereocenters. The van der Waals surface area contributed by atoms with E-state index < -0.39 is 0 Å². The average Bonchev–Trinajstić information content (AvgIpc) is 0.918. The third-order valence-corrected chi connectivity index (χ3v) is 0. The molecule has 0 aromatic rings. The van der Waals surface area contributed by atoms with Crippen molar-refractivity contribution in [1.82, 2.24) is 0 Å². The Morgan fingerprint density at radius 2 is 2.00 bits per heavy atom. The van der Waals surface area contributed by atoms with Gasteiger partial charge < -0.3 is 11.5 Å². The minimum absolute atomic E-state index is 0. The standard InChI is InChI=1S/GeH3.HNO2.H/c;2-1-3;/h1H3;(H,2,3);/q;;-1/p-1. The van der Waals surface area contributed by atoms with Crippen LogP contribution in [0.3, 0.4) is 0 Å². The van der Waals surface area contributed by atoms with Crippen LogP contribution in [-0.4, -0.2) is 17.6 Å². The fourth-order valence-electron chi connectivity index (χ4n) is 0. The summed E-state index contributed by atoms with van der Waals surface area (Å²) in [5.41, 5.74) is 0. The molecule has 0 aliphatic rings. The Morgan fingerprint density at radius 3 is 2.00 bits per heavy atom. The van der Waals surface area contributed by atoms with Gasteiger partial charge in [-0.1, -0.05) is 0 Å². The maximum absolute atomic E-state index is 8.00. The second kappa shape index (κ2) is 12.5. The van der Waals surface area contributed by atoms with Crippen LogP contribution in [0, 0.1) is 10.1 Å². The van der Waals surface area contributed by atoms with Gasteiger partial charge in [0.15, 0.2) is 0 Å². The largest absolute Gasteiger partial charge is 1.00 e. The Hall–Kier alpha value is -0.0571. The van der Waals surface area contributed by atoms with Crippen LogP contribution in [0.2, 0.25) is 0 Å². The molecule has 0 N–H and O–H groups in total. The zero-order valence-electron chi connectivity index (χ0n) is 3.26. The second-order valence-electron chi connectivity index (χ2n) is 0.0745. The number of hydrogen-bond acceptors (Lipinski definition) is 3. The van der Waals surface area contributed by atoms with Crippen LogP contribution in [0.1, 0.15) is 1.43 Å². The van der Waals surface area contributed by atoms with Gasteiger partial charge in [-0.05, 0) is 0 Å². The van der Waals surface area contributed by atoms with Crippen LogP contribution in [0.4, 0.5) is 0 Å². The Labute approximate surface area is 35.4 Å². The molecule has 4 heteroatoms. The second-order valence-corrected chi connectivity index (χ2v) is 0.0745. The van der Waals surface area contributed by atoms with Crippen molar-refractivity contribution < 1.29 is 1.43 Å². The molecule has 0 unspecified atom stereocenters. The van der Waals surface area contributed by atoms with E-state index in [1.54, 1.807) is 0 Å². The van der Waals surface area contributed by atoms with E-state index in [0.29, 0.717) is 0 Å². The van der Waals surface area contributed by atoms with Crippen molar-refractivity contribution in [2.75, 3.05) is 0 Å². The molecule has 0 spiro atoms. The van der Waals surface area contributed by atoms with E-state index in [2.05, 4.69) is 0 Å². The molecule has 3 nitrogen and oxygen atoms in total. The Morgan fingerprint density at radius 1 is 2.00 bits per heavy atom. The molecule has 0 aromatic carbocycles. The predicted octanol–water partition coefficient (Wildman–Crippen LogP) is -0.821. The van der Waals surface area contributed by atoms with Crippen molar-refractivity contribution in [3.63, 3.8) is 0 Å². The quantitative estimate of drug-likeness (QED) is 0.240. The zero-order chi connectivity index (χ0) is 2.71. The van der Waals surface area contributed by atoms with Crippen molar-refractivity contribution in [3.8, 4) is 0 Å². The van der Waals surface area contributed by atoms with Gasteiger partial charge in [0.2, 0.25) is 0 Å². The predicted molar refractivity (Wildman–Crippen MR) is 20.2 cm³/mol. The smallest absolute Gasteiger partial charge is 1.00 e. The van der Waals surface area contributed by atoms with Gasteiger partial charge in [-0.15, -0.1) is 5.34 Å². The first-order valence-electron chi connectivity index (χ1n) is 0.365. The van der Waals surface area contributed by atoms with Crippen molar-refractivity contribution in [1.29, 1.82) is 0 Å². The normalized spacial score (nSPS) is 3.00. The molecule has 4 heavy (non-hydrogen) atoms. The topological polar surface area (TPSA) is 52.5 Å². The summed E-state index contributed by atoms with van der Waals surface area (Å²) in [4.78, 5) is 8.00. The first-order chi connectivity index (χ1) is 1.41. The van der Waals surface area contributed by atoms with Crippen LogP contribution in [-0.2, 0) is 0 Å². The van der Waals surface area contributed by atoms with E-state index in [9.17, 15) is 0 Å². The molecule has 27 valence electrons. The van der Waals surface area contributed by atoms with E-state index in [1.165, 1.54) is 0 Å². The summed E-state index contributed by atoms with van der Waals surface area (Å²) in [7, 11) is 0. The van der Waals surface area contributed by atoms with Crippen LogP contribution in [0.5, 0.6) is 0 Å². The summed E-state index contributed by atoms with van der Waals surface area (Å²) in [6, 6.07) is 0. The fourth-order valence-corrected chi connectivity index (χ4v) is 0. The van der Waals surface area contributed by atoms with Gasteiger partial charge in [0, 0.05) is 0 Å². The maximum Gasteiger partial charge on any atom is -1.00 e. The molecule has 0 aromatic heterocycles. The molecule has 1 radical (unpaired) electrons. The molecular weight excluding hydrogens is 119 g/mol. The molecule has 0 heterocycles. The first-order valence-corrected chi connectivity index (χ1v) is 0.365. The van der Waals surface area contributed by atoms with Gasteiger partial charge in [0.1, 0.15) is 0 Å². The molecule has 0 aliphatic carbocycles. The minimum atomic E-state index is 0. The first kappa shape index (κ1) is 9.05. The minimum Gasteiger partial charge on any atom is -1.00 e. The van der Waals surface area contributed by atoms with E-state index in [1.807, 2.05) is 0 Å². The molecule has 0 aliphatic heterocycles. The van der Waals surface area contributed by atoms with Crippen LogP contribution in [0.25, 0.3) is 0 Å². The number of hydrogen-bond donors (Lipinski definition) is 0. The third kappa shape index (κ3) is 529. The Bertz CT molecular complexity index is 17.1. The molecule has 0 bridgehead atoms. The maximum atomic E-state index is 8.00. The van der Waals surface area contributed by atoms with Gasteiger partial charge in [-0.3, -0.25) is 0 Å². The van der Waals surface area contributed by atoms with Gasteiger partial charge in [-0.25, -0.2) is 0 Å². The van der Waals surface area contributed by atoms with Crippen molar-refractivity contribution in [2.24, 2.45) is 5.34 Å². The van der Waals surface area contributed by atoms with Gasteiger partial charge in [0.05, 0.1) is 0 Å². The van der Waals surface area contributed by atoms with Crippen LogP contribution >= 0.6 is 0 Å². The third-order valence-electron chi connectivity index (χ3n) is 0. The Balaban J connectivity index is -0.0000000200. The summed E-state index contributed by atoms with van der Waals surface area (Å²) < 4.78 is 0. The summed E-state index contributed by atoms with van der Waals surface area (Å²) in [5, 5.41) is 9.00. The molecule has 0 rings (SSSR count). The van der Waals surface area contributed by atoms with Gasteiger partial charge in [-0.2, -0.15) is 0 Å². The molecular formula is H4GeNO2-2. The Kier molecular flexibility index (Phi) is 28.3. The SMILES string of the molecule is O=N[O-].[GeH3].[H-]. The van der Waals surface area contributed by atoms with Crippen molar-refractivity contribution in [3.05, 3.63) is 10.1 Å². The number of rotatable bonds is 0. The summed E-state index contributed by atoms with van der Waals surface area (Å²) in [5.74, 6) is 0. The van der Waals surface area contributed by atoms with Gasteiger partial charge >= 0.3 is 17.6 Å². The van der Waals surface area contributed by atoms with E-state index in [-0.39, 0.29) is 19.0 Å². The summed E-state index contributed by atoms with van der Waals surface area (Å²) in [6.07, 6.45) is 0. The van der Waals surface area contributed by atoms with Crippen molar-refractivity contribution in [2.45, 2.75) is 0 Å². The number of nitrogens with zero attached hydrogens (tertiary/aromatic N) is 1. The van der Waals surface area contributed by atoms with Crippen molar-refractivity contribution >= 4 is 17.6 Å². The molecule has 0 saturated carbocycles. The molecule has 0 fully saturated rings. The monoisotopic (exact) mass is 124 g/mol. The fraction of sp³-hybridized carbons (Fsp3) is 0. The van der Waals surface area contributed by atoms with Gasteiger partial charge in [0.25, 0.3) is 0 Å². The average molecular weight is 123 g/mol. The zero-order valence-corrected chi connectivity index (χ0v) is 6.46. The van der Waals surface area contributed by atoms with E-state index in [0.717, 1.165) is 5.34 Å².